The number of aliphatic carboxylic acids is 2. The van der Waals surface area contributed by atoms with Crippen LogP contribution in [0.15, 0.2) is 24.3 Å². The van der Waals surface area contributed by atoms with Crippen LogP contribution in [0.25, 0.3) is 0 Å². The van der Waals surface area contributed by atoms with Crippen molar-refractivity contribution in [2.45, 2.75) is 56.3 Å². The van der Waals surface area contributed by atoms with Crippen LogP contribution in [0, 0.1) is 0 Å². The lowest BCUT2D eigenvalue weighted by atomic mass is 10.0. The number of amides is 3. The summed E-state index contributed by atoms with van der Waals surface area (Å²) in [6, 6.07) is 1.42. The summed E-state index contributed by atoms with van der Waals surface area (Å²) in [5.41, 5.74) is 0.554. The highest BCUT2D eigenvalue weighted by Crippen LogP contribution is 2.13. The molecule has 7 N–H and O–H groups in total. The van der Waals surface area contributed by atoms with Crippen LogP contribution in [0.4, 0.5) is 0 Å². The van der Waals surface area contributed by atoms with Crippen LogP contribution in [0.2, 0.25) is 0 Å². The molecule has 0 bridgehead atoms. The molecule has 4 unspecified atom stereocenters. The van der Waals surface area contributed by atoms with Crippen molar-refractivity contribution in [2.75, 3.05) is 18.6 Å². The molecule has 36 heavy (non-hydrogen) atoms. The van der Waals surface area contributed by atoms with E-state index in [1.807, 2.05) is 0 Å². The Bertz CT molecular complexity index is 937. The Morgan fingerprint density at radius 3 is 2.19 bits per heavy atom. The van der Waals surface area contributed by atoms with Crippen LogP contribution in [-0.2, 0) is 30.4 Å². The standard InChI is InChI=1S/C23H32N4O8S/c1-36-10-8-16(23(34)35)25-21(32)17(11-13-4-6-14(28)7-5-13)26-22(33)18(12-19(29)30)27-20(31)15-3-2-9-24-15/h4-7,15-18,24,28H,2-3,8-12H2,1H3,(H,25,32)(H,26,33)(H,27,31)(H,29,30)(H,34,35). The van der Waals surface area contributed by atoms with Crippen molar-refractivity contribution in [3.05, 3.63) is 29.8 Å². The topological polar surface area (TPSA) is 194 Å². The molecule has 1 aromatic rings. The van der Waals surface area contributed by atoms with Crippen molar-refractivity contribution >= 4 is 41.4 Å². The third kappa shape index (κ3) is 9.38. The fourth-order valence-corrected chi connectivity index (χ4v) is 4.15. The molecule has 4 atom stereocenters. The second-order valence-corrected chi connectivity index (χ2v) is 9.41. The minimum absolute atomic E-state index is 0.00319. The second-order valence-electron chi connectivity index (χ2n) is 8.42. The Hall–Kier alpha value is -3.32. The van der Waals surface area contributed by atoms with Gasteiger partial charge in [-0.05, 0) is 55.5 Å². The Balaban J connectivity index is 2.21. The van der Waals surface area contributed by atoms with E-state index in [-0.39, 0.29) is 18.6 Å². The van der Waals surface area contributed by atoms with Gasteiger partial charge < -0.3 is 36.6 Å². The average Bonchev–Trinajstić information content (AvgIpc) is 3.36. The predicted molar refractivity (Wildman–Crippen MR) is 132 cm³/mol. The first kappa shape index (κ1) is 28.9. The molecular weight excluding hydrogens is 492 g/mol. The zero-order valence-corrected chi connectivity index (χ0v) is 20.7. The molecule has 1 aliphatic heterocycles. The average molecular weight is 525 g/mol. The highest BCUT2D eigenvalue weighted by Gasteiger charge is 2.32. The molecule has 13 heteroatoms. The van der Waals surface area contributed by atoms with E-state index in [2.05, 4.69) is 21.3 Å². The molecule has 1 fully saturated rings. The summed E-state index contributed by atoms with van der Waals surface area (Å²) < 4.78 is 0. The number of carbonyl (C=O) groups is 5. The normalized spacial score (nSPS) is 17.4. The fraction of sp³-hybridized carbons (Fsp3) is 0.522. The Morgan fingerprint density at radius 2 is 1.64 bits per heavy atom. The number of carboxylic acids is 2. The van der Waals surface area contributed by atoms with Gasteiger partial charge in [-0.15, -0.1) is 0 Å². The number of hydrogen-bond donors (Lipinski definition) is 7. The number of phenols is 1. The van der Waals surface area contributed by atoms with E-state index in [0.717, 1.165) is 6.42 Å². The number of phenolic OH excluding ortho intramolecular Hbond substituents is 1. The largest absolute Gasteiger partial charge is 0.508 e. The zero-order chi connectivity index (χ0) is 26.7. The molecule has 0 spiro atoms. The van der Waals surface area contributed by atoms with Gasteiger partial charge in [-0.2, -0.15) is 11.8 Å². The van der Waals surface area contributed by atoms with Crippen LogP contribution >= 0.6 is 11.8 Å². The van der Waals surface area contributed by atoms with Crippen molar-refractivity contribution in [2.24, 2.45) is 0 Å². The lowest BCUT2D eigenvalue weighted by Crippen LogP contribution is -2.58. The van der Waals surface area contributed by atoms with Crippen molar-refractivity contribution < 1.29 is 39.3 Å². The third-order valence-electron chi connectivity index (χ3n) is 5.62. The second kappa shape index (κ2) is 14.3. The van der Waals surface area contributed by atoms with Gasteiger partial charge in [-0.25, -0.2) is 4.79 Å². The maximum Gasteiger partial charge on any atom is 0.326 e. The molecule has 1 heterocycles. The fourth-order valence-electron chi connectivity index (χ4n) is 3.68. The molecule has 198 valence electrons. The van der Waals surface area contributed by atoms with E-state index in [4.69, 9.17) is 0 Å². The molecular formula is C23H32N4O8S. The first-order valence-corrected chi connectivity index (χ1v) is 12.9. The van der Waals surface area contributed by atoms with Gasteiger partial charge in [0.1, 0.15) is 23.9 Å². The summed E-state index contributed by atoms with van der Waals surface area (Å²) in [4.78, 5) is 61.5. The van der Waals surface area contributed by atoms with E-state index in [1.165, 1.54) is 36.0 Å². The zero-order valence-electron chi connectivity index (χ0n) is 19.9. The number of nitrogens with one attached hydrogen (secondary N) is 4. The molecule has 0 aliphatic carbocycles. The molecule has 1 aliphatic rings. The number of hydrogen-bond acceptors (Lipinski definition) is 8. The quantitative estimate of drug-likeness (QED) is 0.166. The molecule has 0 aromatic heterocycles. The van der Waals surface area contributed by atoms with Gasteiger partial charge in [0.2, 0.25) is 17.7 Å². The van der Waals surface area contributed by atoms with Crippen LogP contribution < -0.4 is 21.3 Å². The minimum Gasteiger partial charge on any atom is -0.508 e. The molecule has 1 aromatic carbocycles. The summed E-state index contributed by atoms with van der Waals surface area (Å²) in [6.07, 6.45) is 2.50. The summed E-state index contributed by atoms with van der Waals surface area (Å²) >= 11 is 1.41. The van der Waals surface area contributed by atoms with Gasteiger partial charge in [-0.3, -0.25) is 19.2 Å². The van der Waals surface area contributed by atoms with E-state index in [1.54, 1.807) is 6.26 Å². The monoisotopic (exact) mass is 524 g/mol. The maximum absolute atomic E-state index is 13.0. The first-order valence-electron chi connectivity index (χ1n) is 11.5. The first-order chi connectivity index (χ1) is 17.1. The molecule has 0 saturated carbocycles. The summed E-state index contributed by atoms with van der Waals surface area (Å²) in [6.45, 7) is 0.629. The van der Waals surface area contributed by atoms with E-state index < -0.39 is 60.2 Å². The Kier molecular flexibility index (Phi) is 11.5. The summed E-state index contributed by atoms with van der Waals surface area (Å²) in [5, 5.41) is 38.5. The van der Waals surface area contributed by atoms with Gasteiger partial charge in [0.05, 0.1) is 12.5 Å². The van der Waals surface area contributed by atoms with E-state index in [0.29, 0.717) is 24.3 Å². The maximum atomic E-state index is 13.0. The van der Waals surface area contributed by atoms with Gasteiger partial charge >= 0.3 is 11.9 Å². The van der Waals surface area contributed by atoms with E-state index >= 15 is 0 Å². The number of carbonyl (C=O) groups excluding carboxylic acids is 3. The molecule has 3 amide bonds. The highest BCUT2D eigenvalue weighted by molar-refractivity contribution is 7.98. The SMILES string of the molecule is CSCCC(NC(=O)C(Cc1ccc(O)cc1)NC(=O)C(CC(=O)O)NC(=O)C1CCCN1)C(=O)O. The Morgan fingerprint density at radius 1 is 1.00 bits per heavy atom. The van der Waals surface area contributed by atoms with Crippen molar-refractivity contribution in [1.82, 2.24) is 21.3 Å². The molecule has 12 nitrogen and oxygen atoms in total. The molecule has 1 saturated heterocycles. The number of rotatable bonds is 14. The van der Waals surface area contributed by atoms with Gasteiger partial charge in [-0.1, -0.05) is 12.1 Å². The van der Waals surface area contributed by atoms with Crippen molar-refractivity contribution in [3.8, 4) is 5.75 Å². The van der Waals surface area contributed by atoms with Gasteiger partial charge in [0.15, 0.2) is 0 Å². The number of thioether (sulfide) groups is 1. The highest BCUT2D eigenvalue weighted by atomic mass is 32.2. The molecule has 0 radical (unpaired) electrons. The summed E-state index contributed by atoms with van der Waals surface area (Å²) in [7, 11) is 0. The van der Waals surface area contributed by atoms with Gasteiger partial charge in [0, 0.05) is 6.42 Å². The van der Waals surface area contributed by atoms with Crippen LogP contribution in [0.1, 0.15) is 31.2 Å². The van der Waals surface area contributed by atoms with Crippen LogP contribution in [-0.4, -0.2) is 87.7 Å². The van der Waals surface area contributed by atoms with Crippen LogP contribution in [0.5, 0.6) is 5.75 Å². The van der Waals surface area contributed by atoms with E-state index in [9.17, 15) is 39.3 Å². The number of benzene rings is 1. The van der Waals surface area contributed by atoms with Crippen LogP contribution in [0.3, 0.4) is 0 Å². The lowest BCUT2D eigenvalue weighted by Gasteiger charge is -2.25. The smallest absolute Gasteiger partial charge is 0.326 e. The number of carboxylic acid groups (broad SMARTS) is 2. The number of aromatic hydroxyl groups is 1. The third-order valence-corrected chi connectivity index (χ3v) is 6.27. The van der Waals surface area contributed by atoms with Crippen molar-refractivity contribution in [3.63, 3.8) is 0 Å². The lowest BCUT2D eigenvalue weighted by molar-refractivity contribution is -0.143. The summed E-state index contributed by atoms with van der Waals surface area (Å²) in [5.74, 6) is -4.26. The predicted octanol–water partition coefficient (Wildman–Crippen LogP) is -0.546. The molecule has 2 rings (SSSR count). The minimum atomic E-state index is -1.45. The Labute approximate surface area is 212 Å². The van der Waals surface area contributed by atoms with Gasteiger partial charge in [0.25, 0.3) is 0 Å². The van der Waals surface area contributed by atoms with Crippen molar-refractivity contribution in [1.29, 1.82) is 0 Å².